The van der Waals surface area contributed by atoms with Crippen LogP contribution in [0.1, 0.15) is 39.3 Å². The first-order valence-corrected chi connectivity index (χ1v) is 8.55. The third-order valence-corrected chi connectivity index (χ3v) is 4.53. The van der Waals surface area contributed by atoms with Crippen LogP contribution >= 0.6 is 0 Å². The number of piperidine rings is 1. The highest BCUT2D eigenvalue weighted by Crippen LogP contribution is 2.19. The Morgan fingerprint density at radius 2 is 1.95 bits per heavy atom. The van der Waals surface area contributed by atoms with Crippen molar-refractivity contribution >= 4 is 5.95 Å². The molecule has 0 amide bonds. The molecule has 0 radical (unpaired) electrons. The highest BCUT2D eigenvalue weighted by Gasteiger charge is 2.24. The van der Waals surface area contributed by atoms with Crippen molar-refractivity contribution in [3.63, 3.8) is 0 Å². The Hall–Kier alpha value is -1.20. The van der Waals surface area contributed by atoms with Crippen LogP contribution in [0.3, 0.4) is 0 Å². The SMILES string of the molecule is CC1CCCN(Cc2ccnc(N3CC(C)OC(C)C3)n2)C1. The molecule has 3 heterocycles. The summed E-state index contributed by atoms with van der Waals surface area (Å²) >= 11 is 0. The molecule has 5 heteroatoms. The molecule has 122 valence electrons. The van der Waals surface area contributed by atoms with Gasteiger partial charge in [-0.3, -0.25) is 4.90 Å². The average molecular weight is 304 g/mol. The van der Waals surface area contributed by atoms with Crippen LogP contribution in [0.4, 0.5) is 5.95 Å². The van der Waals surface area contributed by atoms with Gasteiger partial charge in [-0.2, -0.15) is 0 Å². The summed E-state index contributed by atoms with van der Waals surface area (Å²) in [7, 11) is 0. The van der Waals surface area contributed by atoms with Gasteiger partial charge in [0.25, 0.3) is 0 Å². The van der Waals surface area contributed by atoms with Gasteiger partial charge >= 0.3 is 0 Å². The van der Waals surface area contributed by atoms with Crippen molar-refractivity contribution in [3.8, 4) is 0 Å². The molecule has 0 saturated carbocycles. The molecule has 0 N–H and O–H groups in total. The average Bonchev–Trinajstić information content (AvgIpc) is 2.46. The third-order valence-electron chi connectivity index (χ3n) is 4.53. The number of rotatable bonds is 3. The van der Waals surface area contributed by atoms with Gasteiger partial charge in [0.2, 0.25) is 5.95 Å². The van der Waals surface area contributed by atoms with Gasteiger partial charge in [0, 0.05) is 32.4 Å². The lowest BCUT2D eigenvalue weighted by molar-refractivity contribution is -0.00574. The molecular formula is C17H28N4O. The van der Waals surface area contributed by atoms with Crippen LogP contribution in [0.15, 0.2) is 12.3 Å². The maximum Gasteiger partial charge on any atom is 0.225 e. The second kappa shape index (κ2) is 6.92. The van der Waals surface area contributed by atoms with Crippen molar-refractivity contribution in [3.05, 3.63) is 18.0 Å². The van der Waals surface area contributed by atoms with Gasteiger partial charge in [-0.15, -0.1) is 0 Å². The first-order valence-electron chi connectivity index (χ1n) is 8.55. The predicted octanol–water partition coefficient (Wildman–Crippen LogP) is 2.32. The molecule has 3 rings (SSSR count). The largest absolute Gasteiger partial charge is 0.372 e. The van der Waals surface area contributed by atoms with Crippen LogP contribution in [0.2, 0.25) is 0 Å². The second-order valence-electron chi connectivity index (χ2n) is 6.99. The van der Waals surface area contributed by atoms with E-state index in [1.54, 1.807) is 0 Å². The molecule has 0 aromatic carbocycles. The molecule has 2 saturated heterocycles. The number of aromatic nitrogens is 2. The fourth-order valence-electron chi connectivity index (χ4n) is 3.63. The molecule has 0 spiro atoms. The Morgan fingerprint density at radius 1 is 1.18 bits per heavy atom. The van der Waals surface area contributed by atoms with Gasteiger partial charge in [-0.1, -0.05) is 6.92 Å². The summed E-state index contributed by atoms with van der Waals surface area (Å²) in [5.41, 5.74) is 1.13. The number of likely N-dealkylation sites (tertiary alicyclic amines) is 1. The molecule has 3 unspecified atom stereocenters. The van der Waals surface area contributed by atoms with E-state index >= 15 is 0 Å². The summed E-state index contributed by atoms with van der Waals surface area (Å²) in [4.78, 5) is 14.1. The molecule has 2 fully saturated rings. The quantitative estimate of drug-likeness (QED) is 0.857. The maximum atomic E-state index is 5.80. The summed E-state index contributed by atoms with van der Waals surface area (Å²) in [5.74, 6) is 1.65. The Balaban J connectivity index is 1.67. The Morgan fingerprint density at radius 3 is 2.68 bits per heavy atom. The minimum atomic E-state index is 0.235. The lowest BCUT2D eigenvalue weighted by Gasteiger charge is -2.35. The Bertz CT molecular complexity index is 485. The van der Waals surface area contributed by atoms with Gasteiger partial charge < -0.3 is 9.64 Å². The van der Waals surface area contributed by atoms with Crippen molar-refractivity contribution < 1.29 is 4.74 Å². The van der Waals surface area contributed by atoms with Crippen LogP contribution in [-0.2, 0) is 11.3 Å². The lowest BCUT2D eigenvalue weighted by Crippen LogP contribution is -2.46. The summed E-state index contributed by atoms with van der Waals surface area (Å²) < 4.78 is 5.80. The van der Waals surface area contributed by atoms with E-state index in [-0.39, 0.29) is 12.2 Å². The summed E-state index contributed by atoms with van der Waals surface area (Å²) in [6.07, 6.45) is 5.03. The molecule has 1 aromatic rings. The van der Waals surface area contributed by atoms with Gasteiger partial charge in [0.15, 0.2) is 0 Å². The van der Waals surface area contributed by atoms with Gasteiger partial charge in [0.05, 0.1) is 17.9 Å². The predicted molar refractivity (Wildman–Crippen MR) is 87.9 cm³/mol. The summed E-state index contributed by atoms with van der Waals surface area (Å²) in [6, 6.07) is 2.05. The third kappa shape index (κ3) is 3.96. The zero-order valence-corrected chi connectivity index (χ0v) is 14.0. The van der Waals surface area contributed by atoms with E-state index in [4.69, 9.17) is 9.72 Å². The van der Waals surface area contributed by atoms with E-state index in [0.717, 1.165) is 37.2 Å². The zero-order chi connectivity index (χ0) is 15.5. The van der Waals surface area contributed by atoms with Crippen LogP contribution in [0.5, 0.6) is 0 Å². The number of hydrogen-bond acceptors (Lipinski definition) is 5. The molecule has 1 aromatic heterocycles. The second-order valence-corrected chi connectivity index (χ2v) is 6.99. The molecular weight excluding hydrogens is 276 g/mol. The van der Waals surface area contributed by atoms with E-state index in [1.165, 1.54) is 25.9 Å². The fraction of sp³-hybridized carbons (Fsp3) is 0.765. The van der Waals surface area contributed by atoms with Crippen LogP contribution in [0, 0.1) is 5.92 Å². The van der Waals surface area contributed by atoms with E-state index in [9.17, 15) is 0 Å². The van der Waals surface area contributed by atoms with Crippen LogP contribution in [-0.4, -0.2) is 53.3 Å². The van der Waals surface area contributed by atoms with Gasteiger partial charge in [-0.25, -0.2) is 9.97 Å². The monoisotopic (exact) mass is 304 g/mol. The van der Waals surface area contributed by atoms with E-state index in [1.807, 2.05) is 6.20 Å². The highest BCUT2D eigenvalue weighted by atomic mass is 16.5. The van der Waals surface area contributed by atoms with Gasteiger partial charge in [-0.05, 0) is 45.2 Å². The first-order chi connectivity index (χ1) is 10.6. The van der Waals surface area contributed by atoms with Crippen molar-refractivity contribution in [2.75, 3.05) is 31.1 Å². The van der Waals surface area contributed by atoms with Crippen molar-refractivity contribution in [1.29, 1.82) is 0 Å². The first kappa shape index (κ1) is 15.7. The standard InChI is InChI=1S/C17H28N4O/c1-13-5-4-8-20(9-13)12-16-6-7-18-17(19-16)21-10-14(2)22-15(3)11-21/h6-7,13-15H,4-5,8-12H2,1-3H3. The van der Waals surface area contributed by atoms with E-state index < -0.39 is 0 Å². The van der Waals surface area contributed by atoms with E-state index in [2.05, 4.69) is 41.6 Å². The number of nitrogens with zero attached hydrogens (tertiary/aromatic N) is 4. The number of anilines is 1. The zero-order valence-electron chi connectivity index (χ0n) is 14.0. The highest BCUT2D eigenvalue weighted by molar-refractivity contribution is 5.31. The van der Waals surface area contributed by atoms with Crippen LogP contribution in [0.25, 0.3) is 0 Å². The minimum absolute atomic E-state index is 0.235. The van der Waals surface area contributed by atoms with Gasteiger partial charge in [0.1, 0.15) is 0 Å². The van der Waals surface area contributed by atoms with Crippen molar-refractivity contribution in [2.24, 2.45) is 5.92 Å². The molecule has 0 aliphatic carbocycles. The lowest BCUT2D eigenvalue weighted by atomic mass is 10.0. The molecule has 0 bridgehead atoms. The van der Waals surface area contributed by atoms with E-state index in [0.29, 0.717) is 0 Å². The topological polar surface area (TPSA) is 41.5 Å². The number of ether oxygens (including phenoxy) is 1. The normalized spacial score (nSPS) is 30.5. The Labute approximate surface area is 133 Å². The van der Waals surface area contributed by atoms with Crippen molar-refractivity contribution in [2.45, 2.75) is 52.4 Å². The van der Waals surface area contributed by atoms with Crippen molar-refractivity contribution in [1.82, 2.24) is 14.9 Å². The molecule has 2 aliphatic heterocycles. The molecule has 22 heavy (non-hydrogen) atoms. The summed E-state index contributed by atoms with van der Waals surface area (Å²) in [5, 5.41) is 0. The minimum Gasteiger partial charge on any atom is -0.372 e. The molecule has 2 aliphatic rings. The molecule has 5 nitrogen and oxygen atoms in total. The Kier molecular flexibility index (Phi) is 4.93. The maximum absolute atomic E-state index is 5.80. The van der Waals surface area contributed by atoms with Crippen LogP contribution < -0.4 is 4.90 Å². The number of morpholine rings is 1. The number of hydrogen-bond donors (Lipinski definition) is 0. The fourth-order valence-corrected chi connectivity index (χ4v) is 3.63. The summed E-state index contributed by atoms with van der Waals surface area (Å²) in [6.45, 7) is 11.6. The smallest absolute Gasteiger partial charge is 0.225 e. The molecule has 3 atom stereocenters.